The molecule has 2 atom stereocenters. The Labute approximate surface area is 70.8 Å². The van der Waals surface area contributed by atoms with Crippen molar-refractivity contribution in [2.24, 2.45) is 5.92 Å². The van der Waals surface area contributed by atoms with E-state index in [0.717, 1.165) is 19.0 Å². The van der Waals surface area contributed by atoms with E-state index in [1.165, 1.54) is 6.42 Å². The van der Waals surface area contributed by atoms with Crippen molar-refractivity contribution in [3.8, 4) is 0 Å². The van der Waals surface area contributed by atoms with Gasteiger partial charge in [-0.3, -0.25) is 0 Å². The molecule has 11 heavy (non-hydrogen) atoms. The first kappa shape index (κ1) is 10.9. The zero-order valence-electron chi connectivity index (χ0n) is 8.28. The third-order valence-corrected chi connectivity index (χ3v) is 1.98. The summed E-state index contributed by atoms with van der Waals surface area (Å²) in [6.45, 7) is 8.91. The van der Waals surface area contributed by atoms with Crippen LogP contribution >= 0.6 is 0 Å². The minimum Gasteiger partial charge on any atom is -0.319 e. The Morgan fingerprint density at radius 3 is 2.27 bits per heavy atom. The lowest BCUT2D eigenvalue weighted by atomic mass is 10.1. The fraction of sp³-hybridized carbons (Fsp3) is 1.00. The summed E-state index contributed by atoms with van der Waals surface area (Å²) >= 11 is 0. The molecule has 0 rings (SSSR count). The molecule has 0 aliphatic heterocycles. The normalized spacial score (nSPS) is 16.4. The van der Waals surface area contributed by atoms with E-state index in [1.807, 2.05) is 7.05 Å². The zero-order chi connectivity index (χ0) is 8.69. The van der Waals surface area contributed by atoms with Crippen LogP contribution in [0.5, 0.6) is 0 Å². The van der Waals surface area contributed by atoms with Crippen LogP contribution in [-0.2, 0) is 0 Å². The number of rotatable bonds is 6. The molecule has 2 unspecified atom stereocenters. The van der Waals surface area contributed by atoms with Crippen LogP contribution in [0, 0.1) is 5.92 Å². The molecule has 2 heteroatoms. The maximum absolute atomic E-state index is 3.48. The summed E-state index contributed by atoms with van der Waals surface area (Å²) in [6, 6.07) is 0.661. The van der Waals surface area contributed by atoms with E-state index in [0.29, 0.717) is 6.04 Å². The van der Waals surface area contributed by atoms with Gasteiger partial charge in [-0.2, -0.15) is 0 Å². The van der Waals surface area contributed by atoms with E-state index in [-0.39, 0.29) is 0 Å². The van der Waals surface area contributed by atoms with E-state index in [2.05, 4.69) is 31.4 Å². The molecule has 0 heterocycles. The van der Waals surface area contributed by atoms with Gasteiger partial charge in [-0.1, -0.05) is 13.8 Å². The van der Waals surface area contributed by atoms with E-state index in [4.69, 9.17) is 0 Å². The van der Waals surface area contributed by atoms with Crippen LogP contribution in [0.1, 0.15) is 27.2 Å². The van der Waals surface area contributed by atoms with Gasteiger partial charge >= 0.3 is 0 Å². The van der Waals surface area contributed by atoms with Crippen molar-refractivity contribution in [3.63, 3.8) is 0 Å². The van der Waals surface area contributed by atoms with Gasteiger partial charge in [0, 0.05) is 6.04 Å². The van der Waals surface area contributed by atoms with Crippen molar-refractivity contribution in [1.29, 1.82) is 0 Å². The molecule has 0 saturated heterocycles. The lowest BCUT2D eigenvalue weighted by molar-refractivity contribution is 0.443. The molecule has 0 amide bonds. The van der Waals surface area contributed by atoms with E-state index in [9.17, 15) is 0 Å². The molecule has 0 saturated carbocycles. The van der Waals surface area contributed by atoms with E-state index < -0.39 is 0 Å². The second-order valence-electron chi connectivity index (χ2n) is 3.38. The first-order chi connectivity index (χ1) is 5.20. The number of hydrogen-bond donors (Lipinski definition) is 2. The fourth-order valence-electron chi connectivity index (χ4n) is 0.967. The summed E-state index contributed by atoms with van der Waals surface area (Å²) in [5.74, 6) is 0.731. The van der Waals surface area contributed by atoms with Gasteiger partial charge < -0.3 is 10.6 Å². The van der Waals surface area contributed by atoms with Gasteiger partial charge in [0.2, 0.25) is 0 Å². The average molecular weight is 158 g/mol. The Hall–Kier alpha value is -0.0800. The zero-order valence-corrected chi connectivity index (χ0v) is 8.28. The first-order valence-corrected chi connectivity index (χ1v) is 4.58. The highest BCUT2D eigenvalue weighted by atomic mass is 14.9. The lowest BCUT2D eigenvalue weighted by Crippen LogP contribution is -2.33. The lowest BCUT2D eigenvalue weighted by Gasteiger charge is -2.15. The quantitative estimate of drug-likeness (QED) is 0.607. The number of nitrogens with one attached hydrogen (secondary N) is 2. The van der Waals surface area contributed by atoms with Crippen molar-refractivity contribution in [2.45, 2.75) is 33.2 Å². The highest BCUT2D eigenvalue weighted by molar-refractivity contribution is 4.62. The van der Waals surface area contributed by atoms with Crippen LogP contribution in [0.25, 0.3) is 0 Å². The smallest absolute Gasteiger partial charge is 0.00362 e. The van der Waals surface area contributed by atoms with Gasteiger partial charge in [-0.15, -0.1) is 0 Å². The van der Waals surface area contributed by atoms with Gasteiger partial charge in [0.1, 0.15) is 0 Å². The predicted molar refractivity (Wildman–Crippen MR) is 50.8 cm³/mol. The third-order valence-electron chi connectivity index (χ3n) is 1.98. The number of hydrogen-bond acceptors (Lipinski definition) is 2. The van der Waals surface area contributed by atoms with Gasteiger partial charge in [-0.05, 0) is 39.4 Å². The first-order valence-electron chi connectivity index (χ1n) is 4.58. The molecule has 0 aromatic carbocycles. The van der Waals surface area contributed by atoms with Crippen LogP contribution in [-0.4, -0.2) is 26.2 Å². The fourth-order valence-corrected chi connectivity index (χ4v) is 0.967. The van der Waals surface area contributed by atoms with Crippen LogP contribution < -0.4 is 10.6 Å². The molecule has 0 radical (unpaired) electrons. The molecule has 0 aliphatic carbocycles. The largest absolute Gasteiger partial charge is 0.319 e. The summed E-state index contributed by atoms with van der Waals surface area (Å²) in [6.07, 6.45) is 1.21. The summed E-state index contributed by atoms with van der Waals surface area (Å²) < 4.78 is 0. The molecule has 2 nitrogen and oxygen atoms in total. The molecule has 0 aromatic heterocycles. The Balaban J connectivity index is 3.22. The van der Waals surface area contributed by atoms with Crippen molar-refractivity contribution >= 4 is 0 Å². The topological polar surface area (TPSA) is 24.1 Å². The van der Waals surface area contributed by atoms with Gasteiger partial charge in [0.15, 0.2) is 0 Å². The van der Waals surface area contributed by atoms with Crippen molar-refractivity contribution in [1.82, 2.24) is 10.6 Å². The molecular weight excluding hydrogens is 136 g/mol. The summed E-state index contributed by atoms with van der Waals surface area (Å²) in [4.78, 5) is 0. The van der Waals surface area contributed by atoms with Crippen molar-refractivity contribution in [3.05, 3.63) is 0 Å². The molecule has 0 spiro atoms. The Bertz CT molecular complexity index is 83.6. The average Bonchev–Trinajstić information content (AvgIpc) is 2.01. The van der Waals surface area contributed by atoms with Gasteiger partial charge in [-0.25, -0.2) is 0 Å². The maximum Gasteiger partial charge on any atom is 0.00362 e. The standard InChI is InChI=1S/C9H22N2/c1-5-9(3)11-7-8(2)6-10-4/h8-11H,5-7H2,1-4H3. The maximum atomic E-state index is 3.48. The Morgan fingerprint density at radius 1 is 1.18 bits per heavy atom. The molecule has 68 valence electrons. The van der Waals surface area contributed by atoms with Crippen LogP contribution in [0.4, 0.5) is 0 Å². The summed E-state index contributed by atoms with van der Waals surface area (Å²) in [7, 11) is 2.00. The second-order valence-corrected chi connectivity index (χ2v) is 3.38. The summed E-state index contributed by atoms with van der Waals surface area (Å²) in [5, 5.41) is 6.65. The van der Waals surface area contributed by atoms with E-state index in [1.54, 1.807) is 0 Å². The minimum atomic E-state index is 0.661. The molecule has 0 aromatic rings. The second kappa shape index (κ2) is 6.62. The predicted octanol–water partition coefficient (Wildman–Crippen LogP) is 1.23. The molecule has 0 fully saturated rings. The third kappa shape index (κ3) is 6.32. The molecule has 0 bridgehead atoms. The van der Waals surface area contributed by atoms with Crippen molar-refractivity contribution < 1.29 is 0 Å². The SMILES string of the molecule is CCC(C)NCC(C)CNC. The van der Waals surface area contributed by atoms with Gasteiger partial charge in [0.25, 0.3) is 0 Å². The van der Waals surface area contributed by atoms with E-state index >= 15 is 0 Å². The van der Waals surface area contributed by atoms with Crippen LogP contribution in [0.15, 0.2) is 0 Å². The minimum absolute atomic E-state index is 0.661. The van der Waals surface area contributed by atoms with Crippen molar-refractivity contribution in [2.75, 3.05) is 20.1 Å². The summed E-state index contributed by atoms with van der Waals surface area (Å²) in [5.41, 5.74) is 0. The monoisotopic (exact) mass is 158 g/mol. The highest BCUT2D eigenvalue weighted by Gasteiger charge is 2.01. The van der Waals surface area contributed by atoms with Crippen LogP contribution in [0.2, 0.25) is 0 Å². The molecule has 2 N–H and O–H groups in total. The molecule has 0 aliphatic rings. The van der Waals surface area contributed by atoms with Crippen LogP contribution in [0.3, 0.4) is 0 Å². The van der Waals surface area contributed by atoms with Gasteiger partial charge in [0.05, 0.1) is 0 Å². The Kier molecular flexibility index (Phi) is 6.57. The Morgan fingerprint density at radius 2 is 1.82 bits per heavy atom. The highest BCUT2D eigenvalue weighted by Crippen LogP contribution is 1.92. The molecular formula is C9H22N2.